The lowest BCUT2D eigenvalue weighted by atomic mass is 10.1. The van der Waals surface area contributed by atoms with Crippen LogP contribution in [-0.2, 0) is 13.1 Å². The van der Waals surface area contributed by atoms with E-state index in [1.54, 1.807) is 25.2 Å². The predicted octanol–water partition coefficient (Wildman–Crippen LogP) is 4.08. The van der Waals surface area contributed by atoms with E-state index in [1.807, 2.05) is 31.2 Å². The Morgan fingerprint density at radius 1 is 1.04 bits per heavy atom. The molecular formula is C18H22F2IN3O. The summed E-state index contributed by atoms with van der Waals surface area (Å²) in [5, 5.41) is 6.28. The molecule has 7 heteroatoms. The largest absolute Gasteiger partial charge is 0.434 e. The molecule has 25 heavy (non-hydrogen) atoms. The first kappa shape index (κ1) is 21.1. The van der Waals surface area contributed by atoms with Crippen molar-refractivity contribution in [1.82, 2.24) is 10.6 Å². The molecule has 2 N–H and O–H groups in total. The summed E-state index contributed by atoms with van der Waals surface area (Å²) in [4.78, 5) is 4.13. The molecule has 0 aliphatic heterocycles. The lowest BCUT2D eigenvalue weighted by Gasteiger charge is -2.14. The summed E-state index contributed by atoms with van der Waals surface area (Å²) in [6.07, 6.45) is 0. The van der Waals surface area contributed by atoms with Crippen molar-refractivity contribution in [2.75, 3.05) is 7.05 Å². The summed E-state index contributed by atoms with van der Waals surface area (Å²) < 4.78 is 29.4. The van der Waals surface area contributed by atoms with E-state index in [2.05, 4.69) is 20.4 Å². The van der Waals surface area contributed by atoms with E-state index in [-0.39, 0.29) is 29.7 Å². The molecule has 0 spiro atoms. The summed E-state index contributed by atoms with van der Waals surface area (Å²) in [7, 11) is 1.66. The van der Waals surface area contributed by atoms with Gasteiger partial charge in [0.1, 0.15) is 5.75 Å². The van der Waals surface area contributed by atoms with Gasteiger partial charge in [0.25, 0.3) is 0 Å². The minimum absolute atomic E-state index is 0. The predicted molar refractivity (Wildman–Crippen MR) is 107 cm³/mol. The van der Waals surface area contributed by atoms with E-state index in [0.29, 0.717) is 24.6 Å². The van der Waals surface area contributed by atoms with E-state index in [0.717, 1.165) is 5.56 Å². The molecule has 0 bridgehead atoms. The number of para-hydroxylation sites is 1. The summed E-state index contributed by atoms with van der Waals surface area (Å²) >= 11 is 0. The van der Waals surface area contributed by atoms with Crippen LogP contribution in [0.3, 0.4) is 0 Å². The highest BCUT2D eigenvalue weighted by atomic mass is 127. The number of alkyl halides is 2. The third-order valence-electron chi connectivity index (χ3n) is 3.44. The molecule has 0 amide bonds. The van der Waals surface area contributed by atoms with Crippen molar-refractivity contribution < 1.29 is 13.5 Å². The number of aliphatic imine (C=N–C) groups is 1. The van der Waals surface area contributed by atoms with Gasteiger partial charge in [-0.1, -0.05) is 48.0 Å². The van der Waals surface area contributed by atoms with Crippen LogP contribution in [0.25, 0.3) is 0 Å². The zero-order valence-corrected chi connectivity index (χ0v) is 16.5. The first-order valence-electron chi connectivity index (χ1n) is 7.61. The topological polar surface area (TPSA) is 45.7 Å². The Morgan fingerprint density at radius 3 is 2.32 bits per heavy atom. The van der Waals surface area contributed by atoms with Gasteiger partial charge in [-0.05, 0) is 18.6 Å². The first-order chi connectivity index (χ1) is 11.6. The van der Waals surface area contributed by atoms with Crippen LogP contribution in [0.1, 0.15) is 16.7 Å². The van der Waals surface area contributed by atoms with Crippen LogP contribution < -0.4 is 15.4 Å². The standard InChI is InChI=1S/C18H21F2N3O.HI/c1-13-7-9-14(10-8-13)11-22-18(21-2)23-12-15-5-3-4-6-16(15)24-17(19)20;/h3-10,17H,11-12H2,1-2H3,(H2,21,22,23);1H. The van der Waals surface area contributed by atoms with Crippen LogP contribution in [0.4, 0.5) is 8.78 Å². The van der Waals surface area contributed by atoms with Gasteiger partial charge in [-0.15, -0.1) is 24.0 Å². The van der Waals surface area contributed by atoms with Crippen LogP contribution in [0.2, 0.25) is 0 Å². The Kier molecular flexibility index (Phi) is 9.18. The second-order valence-electron chi connectivity index (χ2n) is 5.25. The van der Waals surface area contributed by atoms with E-state index in [9.17, 15) is 8.78 Å². The van der Waals surface area contributed by atoms with Crippen LogP contribution >= 0.6 is 24.0 Å². The average molecular weight is 461 g/mol. The molecule has 0 atom stereocenters. The number of guanidine groups is 1. The van der Waals surface area contributed by atoms with Crippen LogP contribution in [-0.4, -0.2) is 19.6 Å². The van der Waals surface area contributed by atoms with Crippen molar-refractivity contribution in [3.63, 3.8) is 0 Å². The van der Waals surface area contributed by atoms with Gasteiger partial charge < -0.3 is 15.4 Å². The molecule has 0 aromatic heterocycles. The fraction of sp³-hybridized carbons (Fsp3) is 0.278. The number of benzene rings is 2. The SMILES string of the molecule is CN=C(NCc1ccc(C)cc1)NCc1ccccc1OC(F)F.I. The summed E-state index contributed by atoms with van der Waals surface area (Å²) in [5.74, 6) is 0.747. The Bertz CT molecular complexity index is 678. The number of ether oxygens (including phenoxy) is 1. The third-order valence-corrected chi connectivity index (χ3v) is 3.44. The molecule has 136 valence electrons. The van der Waals surface area contributed by atoms with Crippen molar-refractivity contribution in [3.05, 3.63) is 65.2 Å². The molecule has 2 aromatic carbocycles. The number of hydrogen-bond donors (Lipinski definition) is 2. The second kappa shape index (κ2) is 10.9. The highest BCUT2D eigenvalue weighted by Crippen LogP contribution is 2.19. The Balaban J connectivity index is 0.00000312. The van der Waals surface area contributed by atoms with Crippen molar-refractivity contribution >= 4 is 29.9 Å². The van der Waals surface area contributed by atoms with E-state index in [4.69, 9.17) is 0 Å². The Morgan fingerprint density at radius 2 is 1.68 bits per heavy atom. The fourth-order valence-corrected chi connectivity index (χ4v) is 2.15. The summed E-state index contributed by atoms with van der Waals surface area (Å²) in [5.41, 5.74) is 2.97. The minimum Gasteiger partial charge on any atom is -0.434 e. The fourth-order valence-electron chi connectivity index (χ4n) is 2.15. The molecule has 0 heterocycles. The lowest BCUT2D eigenvalue weighted by molar-refractivity contribution is -0.0504. The van der Waals surface area contributed by atoms with Gasteiger partial charge in [-0.2, -0.15) is 8.78 Å². The van der Waals surface area contributed by atoms with E-state index >= 15 is 0 Å². The van der Waals surface area contributed by atoms with Gasteiger partial charge in [-0.25, -0.2) is 0 Å². The monoisotopic (exact) mass is 461 g/mol. The number of aryl methyl sites for hydroxylation is 1. The summed E-state index contributed by atoms with van der Waals surface area (Å²) in [6, 6.07) is 14.9. The van der Waals surface area contributed by atoms with Gasteiger partial charge in [0, 0.05) is 25.7 Å². The molecule has 0 radical (unpaired) electrons. The summed E-state index contributed by atoms with van der Waals surface area (Å²) in [6.45, 7) is 0.146. The molecule has 0 unspecified atom stereocenters. The van der Waals surface area contributed by atoms with E-state index < -0.39 is 6.61 Å². The van der Waals surface area contributed by atoms with Gasteiger partial charge in [0.05, 0.1) is 0 Å². The maximum atomic E-state index is 12.4. The Labute approximate surface area is 163 Å². The molecule has 2 rings (SSSR count). The first-order valence-corrected chi connectivity index (χ1v) is 7.61. The molecule has 0 fully saturated rings. The zero-order chi connectivity index (χ0) is 17.4. The van der Waals surface area contributed by atoms with Crippen molar-refractivity contribution in [2.45, 2.75) is 26.6 Å². The van der Waals surface area contributed by atoms with Crippen molar-refractivity contribution in [3.8, 4) is 5.75 Å². The molecule has 0 saturated carbocycles. The van der Waals surface area contributed by atoms with Crippen LogP contribution in [0, 0.1) is 6.92 Å². The maximum absolute atomic E-state index is 12.4. The molecule has 0 aliphatic rings. The van der Waals surface area contributed by atoms with E-state index in [1.165, 1.54) is 11.6 Å². The molecule has 0 aliphatic carbocycles. The number of hydrogen-bond acceptors (Lipinski definition) is 2. The van der Waals surface area contributed by atoms with Gasteiger partial charge >= 0.3 is 6.61 Å². The molecular weight excluding hydrogens is 439 g/mol. The van der Waals surface area contributed by atoms with Gasteiger partial charge in [0.2, 0.25) is 0 Å². The van der Waals surface area contributed by atoms with Gasteiger partial charge in [-0.3, -0.25) is 4.99 Å². The number of nitrogens with one attached hydrogen (secondary N) is 2. The highest BCUT2D eigenvalue weighted by molar-refractivity contribution is 14.0. The molecule has 2 aromatic rings. The van der Waals surface area contributed by atoms with Crippen LogP contribution in [0.15, 0.2) is 53.5 Å². The van der Waals surface area contributed by atoms with Crippen molar-refractivity contribution in [2.24, 2.45) is 4.99 Å². The minimum atomic E-state index is -2.84. The smallest absolute Gasteiger partial charge is 0.387 e. The quantitative estimate of drug-likeness (QED) is 0.387. The third kappa shape index (κ3) is 7.25. The highest BCUT2D eigenvalue weighted by Gasteiger charge is 2.09. The normalized spacial score (nSPS) is 11.0. The van der Waals surface area contributed by atoms with Crippen LogP contribution in [0.5, 0.6) is 5.75 Å². The number of rotatable bonds is 6. The second-order valence-corrected chi connectivity index (χ2v) is 5.25. The number of nitrogens with zero attached hydrogens (tertiary/aromatic N) is 1. The van der Waals surface area contributed by atoms with Gasteiger partial charge in [0.15, 0.2) is 5.96 Å². The Hall–Kier alpha value is -1.90. The lowest BCUT2D eigenvalue weighted by Crippen LogP contribution is -2.36. The molecule has 0 saturated heterocycles. The zero-order valence-electron chi connectivity index (χ0n) is 14.1. The maximum Gasteiger partial charge on any atom is 0.387 e. The van der Waals surface area contributed by atoms with Crippen molar-refractivity contribution in [1.29, 1.82) is 0 Å². The number of halogens is 3. The average Bonchev–Trinajstić information content (AvgIpc) is 2.57. The molecule has 4 nitrogen and oxygen atoms in total.